The van der Waals surface area contributed by atoms with Gasteiger partial charge in [-0.25, -0.2) is 0 Å². The molecule has 5 heteroatoms. The van der Waals surface area contributed by atoms with Crippen LogP contribution in [0.5, 0.6) is 5.75 Å². The van der Waals surface area contributed by atoms with Gasteiger partial charge in [0.2, 0.25) is 0 Å². The van der Waals surface area contributed by atoms with Crippen LogP contribution in [-0.2, 0) is 18.0 Å². The molecule has 1 atom stereocenters. The van der Waals surface area contributed by atoms with Gasteiger partial charge in [-0.2, -0.15) is 0 Å². The van der Waals surface area contributed by atoms with E-state index in [2.05, 4.69) is 36.5 Å². The average molecular weight is 290 g/mol. The Morgan fingerprint density at radius 2 is 2.00 bits per heavy atom. The molecule has 1 heterocycles. The van der Waals surface area contributed by atoms with E-state index in [9.17, 15) is 0 Å². The van der Waals surface area contributed by atoms with Gasteiger partial charge in [0.15, 0.2) is 5.76 Å². The summed E-state index contributed by atoms with van der Waals surface area (Å²) >= 11 is 0. The van der Waals surface area contributed by atoms with Crippen LogP contribution < -0.4 is 10.1 Å². The largest absolute Gasteiger partial charge is 0.487 e. The zero-order chi connectivity index (χ0) is 15.1. The van der Waals surface area contributed by atoms with E-state index in [1.165, 1.54) is 5.56 Å². The first-order valence-corrected chi connectivity index (χ1v) is 7.12. The van der Waals surface area contributed by atoms with Crippen LogP contribution in [0.25, 0.3) is 0 Å². The van der Waals surface area contributed by atoms with Crippen LogP contribution in [-0.4, -0.2) is 18.8 Å². The number of hydrogen-bond acceptors (Lipinski definition) is 5. The van der Waals surface area contributed by atoms with Gasteiger partial charge in [-0.05, 0) is 31.2 Å². The van der Waals surface area contributed by atoms with Gasteiger partial charge in [0.1, 0.15) is 24.7 Å². The molecule has 0 amide bonds. The van der Waals surface area contributed by atoms with Crippen molar-refractivity contribution in [3.05, 3.63) is 47.3 Å². The summed E-state index contributed by atoms with van der Waals surface area (Å²) < 4.78 is 15.8. The molecule has 114 valence electrons. The molecule has 2 rings (SSSR count). The highest BCUT2D eigenvalue weighted by Crippen LogP contribution is 2.18. The van der Waals surface area contributed by atoms with E-state index >= 15 is 0 Å². The van der Waals surface area contributed by atoms with E-state index < -0.39 is 0 Å². The standard InChI is InChI=1S/C16H22N2O3/c1-4-17-12(2)13-5-7-15(8-6-13)20-10-14-9-16(11-19-3)21-18-14/h5-9,12,17H,4,10-11H2,1-3H3. The smallest absolute Gasteiger partial charge is 0.162 e. The topological polar surface area (TPSA) is 56.5 Å². The van der Waals surface area contributed by atoms with Crippen molar-refractivity contribution in [2.24, 2.45) is 0 Å². The van der Waals surface area contributed by atoms with Crippen molar-refractivity contribution in [3.8, 4) is 5.75 Å². The van der Waals surface area contributed by atoms with Crippen molar-refractivity contribution in [3.63, 3.8) is 0 Å². The summed E-state index contributed by atoms with van der Waals surface area (Å²) in [6.07, 6.45) is 0. The van der Waals surface area contributed by atoms with Crippen molar-refractivity contribution >= 4 is 0 Å². The van der Waals surface area contributed by atoms with Crippen LogP contribution >= 0.6 is 0 Å². The molecule has 0 aliphatic rings. The van der Waals surface area contributed by atoms with Crippen LogP contribution in [0.3, 0.4) is 0 Å². The maximum absolute atomic E-state index is 5.69. The maximum atomic E-state index is 5.69. The predicted molar refractivity (Wildman–Crippen MR) is 80.1 cm³/mol. The highest BCUT2D eigenvalue weighted by molar-refractivity contribution is 5.29. The van der Waals surface area contributed by atoms with E-state index in [1.807, 2.05) is 18.2 Å². The fraction of sp³-hybridized carbons (Fsp3) is 0.438. The van der Waals surface area contributed by atoms with Crippen LogP contribution in [0, 0.1) is 0 Å². The van der Waals surface area contributed by atoms with Gasteiger partial charge < -0.3 is 19.3 Å². The normalized spacial score (nSPS) is 12.3. The van der Waals surface area contributed by atoms with Gasteiger partial charge in [-0.1, -0.05) is 24.2 Å². The lowest BCUT2D eigenvalue weighted by Gasteiger charge is -2.13. The van der Waals surface area contributed by atoms with Gasteiger partial charge in [0.25, 0.3) is 0 Å². The summed E-state index contributed by atoms with van der Waals surface area (Å²) in [7, 11) is 1.62. The molecule has 0 radical (unpaired) electrons. The second kappa shape index (κ2) is 7.81. The number of aromatic nitrogens is 1. The molecular formula is C16H22N2O3. The van der Waals surface area contributed by atoms with Crippen molar-refractivity contribution in [1.82, 2.24) is 10.5 Å². The molecule has 1 unspecified atom stereocenters. The van der Waals surface area contributed by atoms with Gasteiger partial charge in [0.05, 0.1) is 0 Å². The first-order chi connectivity index (χ1) is 10.2. The number of nitrogens with zero attached hydrogens (tertiary/aromatic N) is 1. The zero-order valence-electron chi connectivity index (χ0n) is 12.8. The van der Waals surface area contributed by atoms with Gasteiger partial charge in [0, 0.05) is 19.2 Å². The third kappa shape index (κ3) is 4.58. The number of benzene rings is 1. The Labute approximate surface area is 125 Å². The minimum Gasteiger partial charge on any atom is -0.487 e. The van der Waals surface area contributed by atoms with Crippen LogP contribution in [0.2, 0.25) is 0 Å². The Balaban J connectivity index is 1.88. The predicted octanol–water partition coefficient (Wildman–Crippen LogP) is 3.07. The quantitative estimate of drug-likeness (QED) is 0.809. The Morgan fingerprint density at radius 1 is 1.24 bits per heavy atom. The fourth-order valence-electron chi connectivity index (χ4n) is 2.07. The molecule has 0 aliphatic heterocycles. The van der Waals surface area contributed by atoms with E-state index in [0.29, 0.717) is 25.0 Å². The molecule has 0 bridgehead atoms. The lowest BCUT2D eigenvalue weighted by Crippen LogP contribution is -2.17. The Kier molecular flexibility index (Phi) is 5.78. The molecule has 0 spiro atoms. The third-order valence-corrected chi connectivity index (χ3v) is 3.17. The summed E-state index contributed by atoms with van der Waals surface area (Å²) in [6, 6.07) is 10.3. The number of rotatable bonds is 8. The maximum Gasteiger partial charge on any atom is 0.162 e. The lowest BCUT2D eigenvalue weighted by molar-refractivity contribution is 0.155. The summed E-state index contributed by atoms with van der Waals surface area (Å²) in [4.78, 5) is 0. The highest BCUT2D eigenvalue weighted by Gasteiger charge is 2.06. The van der Waals surface area contributed by atoms with E-state index in [1.54, 1.807) is 7.11 Å². The van der Waals surface area contributed by atoms with E-state index in [4.69, 9.17) is 14.0 Å². The van der Waals surface area contributed by atoms with Crippen molar-refractivity contribution in [2.45, 2.75) is 33.1 Å². The monoisotopic (exact) mass is 290 g/mol. The molecule has 2 aromatic rings. The van der Waals surface area contributed by atoms with Crippen LogP contribution in [0.4, 0.5) is 0 Å². The number of ether oxygens (including phenoxy) is 2. The Morgan fingerprint density at radius 3 is 2.67 bits per heavy atom. The van der Waals surface area contributed by atoms with Gasteiger partial charge >= 0.3 is 0 Å². The minimum atomic E-state index is 0.344. The number of hydrogen-bond donors (Lipinski definition) is 1. The summed E-state index contributed by atoms with van der Waals surface area (Å²) in [5.41, 5.74) is 2.00. The molecular weight excluding hydrogens is 268 g/mol. The molecule has 21 heavy (non-hydrogen) atoms. The minimum absolute atomic E-state index is 0.344. The SMILES string of the molecule is CCNC(C)c1ccc(OCc2cc(COC)on2)cc1. The molecule has 0 fully saturated rings. The summed E-state index contributed by atoms with van der Waals surface area (Å²) in [6.45, 7) is 6.00. The molecule has 0 saturated heterocycles. The summed E-state index contributed by atoms with van der Waals surface area (Å²) in [5.74, 6) is 1.52. The van der Waals surface area contributed by atoms with E-state index in [0.717, 1.165) is 18.0 Å². The van der Waals surface area contributed by atoms with Gasteiger partial charge in [-0.15, -0.1) is 0 Å². The Hall–Kier alpha value is -1.85. The lowest BCUT2D eigenvalue weighted by atomic mass is 10.1. The van der Waals surface area contributed by atoms with E-state index in [-0.39, 0.29) is 0 Å². The third-order valence-electron chi connectivity index (χ3n) is 3.17. The molecule has 0 saturated carbocycles. The Bertz CT molecular complexity index is 537. The highest BCUT2D eigenvalue weighted by atomic mass is 16.5. The number of nitrogens with one attached hydrogen (secondary N) is 1. The molecule has 1 aromatic heterocycles. The second-order valence-corrected chi connectivity index (χ2v) is 4.85. The van der Waals surface area contributed by atoms with Gasteiger partial charge in [-0.3, -0.25) is 0 Å². The first kappa shape index (κ1) is 15.5. The molecule has 0 aliphatic carbocycles. The van der Waals surface area contributed by atoms with Crippen molar-refractivity contribution < 1.29 is 14.0 Å². The first-order valence-electron chi connectivity index (χ1n) is 7.12. The van der Waals surface area contributed by atoms with Crippen LogP contribution in [0.1, 0.15) is 36.9 Å². The molecule has 1 N–H and O–H groups in total. The van der Waals surface area contributed by atoms with Crippen molar-refractivity contribution in [2.75, 3.05) is 13.7 Å². The average Bonchev–Trinajstić information content (AvgIpc) is 2.94. The van der Waals surface area contributed by atoms with Crippen molar-refractivity contribution in [1.29, 1.82) is 0 Å². The molecule has 5 nitrogen and oxygen atoms in total. The summed E-state index contributed by atoms with van der Waals surface area (Å²) in [5, 5.41) is 7.31. The fourth-order valence-corrected chi connectivity index (χ4v) is 2.07. The molecule has 1 aromatic carbocycles. The number of methoxy groups -OCH3 is 1. The zero-order valence-corrected chi connectivity index (χ0v) is 12.8. The second-order valence-electron chi connectivity index (χ2n) is 4.85. The van der Waals surface area contributed by atoms with Crippen LogP contribution in [0.15, 0.2) is 34.9 Å².